The molecular weight excluding hydrogens is 317 g/mol. The molecule has 0 aromatic rings. The van der Waals surface area contributed by atoms with Crippen molar-refractivity contribution in [3.8, 4) is 0 Å². The van der Waals surface area contributed by atoms with Crippen LogP contribution in [0.5, 0.6) is 0 Å². The normalized spacial score (nSPS) is 29.3. The smallest absolute Gasteiger partial charge is 0.314 e. The molecule has 1 aliphatic carbocycles. The van der Waals surface area contributed by atoms with Crippen LogP contribution in [0.3, 0.4) is 0 Å². The summed E-state index contributed by atoms with van der Waals surface area (Å²) in [7, 11) is 1.24. The number of alkyl halides is 3. The Labute approximate surface area is 119 Å². The van der Waals surface area contributed by atoms with E-state index in [0.29, 0.717) is 26.2 Å². The van der Waals surface area contributed by atoms with Gasteiger partial charge in [0.15, 0.2) is 4.87 Å². The van der Waals surface area contributed by atoms with Gasteiger partial charge in [-0.25, -0.2) is 8.42 Å². The quantitative estimate of drug-likeness (QED) is 0.782. The van der Waals surface area contributed by atoms with E-state index in [0.717, 1.165) is 12.2 Å². The predicted octanol–water partition coefficient (Wildman–Crippen LogP) is 1.61. The van der Waals surface area contributed by atoms with E-state index in [2.05, 4.69) is 5.32 Å². The highest BCUT2D eigenvalue weighted by atomic mass is 35.7. The summed E-state index contributed by atoms with van der Waals surface area (Å²) < 4.78 is 62.5. The summed E-state index contributed by atoms with van der Waals surface area (Å²) in [5.41, 5.74) is -0.886. The van der Waals surface area contributed by atoms with Crippen LogP contribution in [0.25, 0.3) is 0 Å². The molecule has 1 heterocycles. The molecule has 2 aliphatic rings. The van der Waals surface area contributed by atoms with Crippen LogP contribution in [0.4, 0.5) is 13.2 Å². The average Bonchev–Trinajstić information content (AvgIpc) is 2.37. The van der Waals surface area contributed by atoms with Crippen LogP contribution in [0.1, 0.15) is 6.42 Å². The third-order valence-electron chi connectivity index (χ3n) is 3.54. The van der Waals surface area contributed by atoms with Gasteiger partial charge in [-0.2, -0.15) is 13.2 Å². The molecule has 1 saturated heterocycles. The highest BCUT2D eigenvalue weighted by molar-refractivity contribution is 8.14. The highest BCUT2D eigenvalue weighted by Gasteiger charge is 2.51. The monoisotopic (exact) mass is 330 g/mol. The molecule has 1 fully saturated rings. The first-order valence-corrected chi connectivity index (χ1v) is 8.33. The molecule has 0 amide bonds. The molecule has 9 heteroatoms. The molecule has 0 bridgehead atoms. The number of nitrogens with one attached hydrogen (secondary N) is 1. The lowest BCUT2D eigenvalue weighted by molar-refractivity contribution is -0.0963. The van der Waals surface area contributed by atoms with E-state index in [1.54, 1.807) is 0 Å². The third-order valence-corrected chi connectivity index (χ3v) is 5.72. The van der Waals surface area contributed by atoms with Crippen LogP contribution >= 0.6 is 10.7 Å². The maximum Gasteiger partial charge on any atom is 0.412 e. The van der Waals surface area contributed by atoms with Gasteiger partial charge < -0.3 is 5.32 Å². The molecule has 1 aliphatic heterocycles. The Morgan fingerprint density at radius 1 is 1.30 bits per heavy atom. The minimum atomic E-state index is -4.56. The van der Waals surface area contributed by atoms with Gasteiger partial charge in [0.05, 0.1) is 0 Å². The van der Waals surface area contributed by atoms with Gasteiger partial charge in [0.25, 0.3) is 9.05 Å². The molecule has 1 unspecified atom stereocenters. The molecule has 4 nitrogen and oxygen atoms in total. The van der Waals surface area contributed by atoms with E-state index < -0.39 is 32.1 Å². The van der Waals surface area contributed by atoms with Gasteiger partial charge in [-0.3, -0.25) is 4.90 Å². The fourth-order valence-corrected chi connectivity index (χ4v) is 4.15. The zero-order chi connectivity index (χ0) is 15.0. The lowest BCUT2D eigenvalue weighted by Crippen LogP contribution is -2.58. The number of halogens is 4. The topological polar surface area (TPSA) is 49.4 Å². The number of nitrogens with zero attached hydrogens (tertiary/aromatic N) is 1. The van der Waals surface area contributed by atoms with Crippen molar-refractivity contribution in [1.82, 2.24) is 10.2 Å². The first-order chi connectivity index (χ1) is 9.17. The van der Waals surface area contributed by atoms with Crippen LogP contribution in [-0.2, 0) is 9.05 Å². The highest BCUT2D eigenvalue weighted by Crippen LogP contribution is 2.42. The van der Waals surface area contributed by atoms with Crippen molar-refractivity contribution in [2.45, 2.75) is 17.5 Å². The molecule has 1 atom stereocenters. The second-order valence-corrected chi connectivity index (χ2v) is 7.55. The van der Waals surface area contributed by atoms with Crippen LogP contribution in [0.2, 0.25) is 0 Å². The lowest BCUT2D eigenvalue weighted by Gasteiger charge is -2.43. The van der Waals surface area contributed by atoms with Crippen molar-refractivity contribution >= 4 is 19.7 Å². The predicted molar refractivity (Wildman–Crippen MR) is 69.8 cm³/mol. The van der Waals surface area contributed by atoms with Gasteiger partial charge in [0.1, 0.15) is 0 Å². The summed E-state index contributed by atoms with van der Waals surface area (Å²) in [4.78, 5) is -0.336. The van der Waals surface area contributed by atoms with E-state index in [9.17, 15) is 21.6 Å². The third kappa shape index (κ3) is 2.88. The molecule has 0 aromatic heterocycles. The van der Waals surface area contributed by atoms with E-state index in [1.165, 1.54) is 11.0 Å². The molecule has 1 N–H and O–H groups in total. The van der Waals surface area contributed by atoms with Crippen LogP contribution in [0.15, 0.2) is 23.8 Å². The summed E-state index contributed by atoms with van der Waals surface area (Å²) >= 11 is 0. The minimum absolute atomic E-state index is 0.321. The Bertz CT molecular complexity index is 538. The first kappa shape index (κ1) is 15.8. The first-order valence-electron chi connectivity index (χ1n) is 6.02. The number of piperazine rings is 1. The number of hydrogen-bond acceptors (Lipinski definition) is 4. The molecule has 0 saturated carbocycles. The van der Waals surface area contributed by atoms with Crippen molar-refractivity contribution in [1.29, 1.82) is 0 Å². The van der Waals surface area contributed by atoms with Crippen molar-refractivity contribution in [3.63, 3.8) is 0 Å². The Kier molecular flexibility index (Phi) is 4.21. The van der Waals surface area contributed by atoms with Crippen molar-refractivity contribution < 1.29 is 21.6 Å². The van der Waals surface area contributed by atoms with Gasteiger partial charge in [-0.05, 0) is 6.08 Å². The summed E-state index contributed by atoms with van der Waals surface area (Å²) in [6.45, 7) is 1.66. The maximum atomic E-state index is 12.9. The second kappa shape index (κ2) is 5.32. The van der Waals surface area contributed by atoms with E-state index in [1.807, 2.05) is 0 Å². The molecule has 0 aromatic carbocycles. The van der Waals surface area contributed by atoms with Crippen molar-refractivity contribution in [3.05, 3.63) is 23.8 Å². The van der Waals surface area contributed by atoms with Gasteiger partial charge in [-0.15, -0.1) is 0 Å². The van der Waals surface area contributed by atoms with Crippen LogP contribution in [0, 0.1) is 0 Å². The molecule has 20 heavy (non-hydrogen) atoms. The lowest BCUT2D eigenvalue weighted by atomic mass is 9.97. The van der Waals surface area contributed by atoms with Gasteiger partial charge in [-0.1, -0.05) is 12.2 Å². The molecule has 0 spiro atoms. The summed E-state index contributed by atoms with van der Waals surface area (Å²) in [5.74, 6) is 0. The Morgan fingerprint density at radius 3 is 2.40 bits per heavy atom. The summed E-state index contributed by atoms with van der Waals surface area (Å²) in [6.07, 6.45) is -1.99. The zero-order valence-electron chi connectivity index (χ0n) is 10.5. The van der Waals surface area contributed by atoms with Crippen molar-refractivity contribution in [2.24, 2.45) is 0 Å². The number of allylic oxidation sites excluding steroid dienone is 2. The fraction of sp³-hybridized carbons (Fsp3) is 0.636. The Balaban J connectivity index is 2.41. The average molecular weight is 331 g/mol. The largest absolute Gasteiger partial charge is 0.412 e. The number of rotatable bonds is 2. The minimum Gasteiger partial charge on any atom is -0.314 e. The maximum absolute atomic E-state index is 12.9. The Morgan fingerprint density at radius 2 is 1.90 bits per heavy atom. The van der Waals surface area contributed by atoms with Gasteiger partial charge >= 0.3 is 6.18 Å². The van der Waals surface area contributed by atoms with E-state index >= 15 is 0 Å². The molecule has 0 radical (unpaired) electrons. The van der Waals surface area contributed by atoms with Crippen LogP contribution in [-0.4, -0.2) is 50.5 Å². The number of hydrogen-bond donors (Lipinski definition) is 1. The summed E-state index contributed by atoms with van der Waals surface area (Å²) in [5, 5.41) is 3.02. The summed E-state index contributed by atoms with van der Waals surface area (Å²) in [6, 6.07) is 0. The molecular formula is C11H14ClF3N2O2S. The standard InChI is InChI=1S/C11H14ClF3N2O2S/c12-20(18,19)10(17-6-4-16-5-7-17)3-1-2-9(8-10)11(13,14)15/h1-3,16H,4-8H2. The molecule has 114 valence electrons. The fourth-order valence-electron chi connectivity index (χ4n) is 2.48. The van der Waals surface area contributed by atoms with E-state index in [-0.39, 0.29) is 0 Å². The molecule has 2 rings (SSSR count). The second-order valence-electron chi connectivity index (χ2n) is 4.75. The van der Waals surface area contributed by atoms with Crippen LogP contribution < -0.4 is 5.32 Å². The van der Waals surface area contributed by atoms with Gasteiger partial charge in [0, 0.05) is 48.9 Å². The SMILES string of the molecule is O=S(=O)(Cl)C1(N2CCNCC2)C=CC=C(C(F)(F)F)C1. The van der Waals surface area contributed by atoms with Gasteiger partial charge in [0.2, 0.25) is 0 Å². The van der Waals surface area contributed by atoms with E-state index in [4.69, 9.17) is 10.7 Å². The Hall–Kier alpha value is -0.570. The van der Waals surface area contributed by atoms with Crippen molar-refractivity contribution in [2.75, 3.05) is 26.2 Å². The zero-order valence-corrected chi connectivity index (χ0v) is 12.0.